The summed E-state index contributed by atoms with van der Waals surface area (Å²) in [5.41, 5.74) is 1.27. The lowest BCUT2D eigenvalue weighted by atomic mass is 10.1. The molecule has 0 aliphatic heterocycles. The minimum Gasteiger partial charge on any atom is -0.107 e. The molecule has 0 aromatic heterocycles. The molecule has 0 rings (SSSR count). The minimum atomic E-state index is 0. The van der Waals surface area contributed by atoms with Crippen LogP contribution in [0, 0.1) is 0 Å². The molecule has 0 amide bonds. The van der Waals surface area contributed by atoms with Gasteiger partial charge in [0.15, 0.2) is 0 Å². The van der Waals surface area contributed by atoms with Crippen molar-refractivity contribution in [3.05, 3.63) is 37.0 Å². The van der Waals surface area contributed by atoms with E-state index in [1.54, 1.807) is 6.08 Å². The molecule has 0 aliphatic rings. The monoisotopic (exact) mass is 250 g/mol. The number of halogens is 1. The van der Waals surface area contributed by atoms with Gasteiger partial charge >= 0.3 is 0 Å². The molecule has 0 unspecified atom stereocenters. The summed E-state index contributed by atoms with van der Waals surface area (Å²) in [5.74, 6) is 0. The van der Waals surface area contributed by atoms with Gasteiger partial charge in [-0.15, -0.1) is 24.0 Å². The van der Waals surface area contributed by atoms with Crippen LogP contribution in [0.15, 0.2) is 37.0 Å². The van der Waals surface area contributed by atoms with Crippen LogP contribution in [0.4, 0.5) is 0 Å². The van der Waals surface area contributed by atoms with Crippen LogP contribution in [0.5, 0.6) is 0 Å². The van der Waals surface area contributed by atoms with Crippen LogP contribution >= 0.6 is 24.0 Å². The zero-order valence-corrected chi connectivity index (χ0v) is 8.80. The fraction of sp³-hybridized carbons (Fsp3) is 0.333. The Balaban J connectivity index is 0. The average Bonchev–Trinajstić information content (AvgIpc) is 1.88. The van der Waals surface area contributed by atoms with Gasteiger partial charge in [0, 0.05) is 0 Å². The molecule has 0 radical (unpaired) electrons. The molecule has 0 N–H and O–H groups in total. The maximum Gasteiger partial charge on any atom is -0.0282 e. The highest BCUT2D eigenvalue weighted by atomic mass is 127. The highest BCUT2D eigenvalue weighted by Crippen LogP contribution is 2.04. The topological polar surface area (TPSA) is 0 Å². The van der Waals surface area contributed by atoms with Crippen molar-refractivity contribution in [3.8, 4) is 0 Å². The molecule has 0 bridgehead atoms. The van der Waals surface area contributed by atoms with Crippen LogP contribution in [-0.4, -0.2) is 0 Å². The van der Waals surface area contributed by atoms with E-state index >= 15 is 0 Å². The second-order valence-corrected chi connectivity index (χ2v) is 1.93. The molecule has 0 saturated carbocycles. The predicted octanol–water partition coefficient (Wildman–Crippen LogP) is 3.70. The first-order valence-corrected chi connectivity index (χ1v) is 3.29. The molecule has 58 valence electrons. The molecular weight excluding hydrogens is 235 g/mol. The van der Waals surface area contributed by atoms with Gasteiger partial charge < -0.3 is 0 Å². The van der Waals surface area contributed by atoms with Gasteiger partial charge in [-0.05, 0) is 12.0 Å². The van der Waals surface area contributed by atoms with Crippen molar-refractivity contribution in [1.82, 2.24) is 0 Å². The summed E-state index contributed by atoms with van der Waals surface area (Å²) >= 11 is 0. The van der Waals surface area contributed by atoms with Gasteiger partial charge in [0.25, 0.3) is 0 Å². The third-order valence-corrected chi connectivity index (χ3v) is 1.13. The molecular formula is C9H15I. The number of rotatable bonds is 4. The van der Waals surface area contributed by atoms with Crippen LogP contribution in [0.3, 0.4) is 0 Å². The molecule has 0 aromatic carbocycles. The van der Waals surface area contributed by atoms with E-state index in [-0.39, 0.29) is 24.0 Å². The third-order valence-electron chi connectivity index (χ3n) is 1.13. The summed E-state index contributed by atoms with van der Waals surface area (Å²) < 4.78 is 0. The van der Waals surface area contributed by atoms with E-state index in [9.17, 15) is 0 Å². The molecule has 0 aliphatic carbocycles. The van der Waals surface area contributed by atoms with Crippen molar-refractivity contribution in [1.29, 1.82) is 0 Å². The van der Waals surface area contributed by atoms with Gasteiger partial charge in [-0.2, -0.15) is 0 Å². The van der Waals surface area contributed by atoms with E-state index in [4.69, 9.17) is 0 Å². The second kappa shape index (κ2) is 8.95. The van der Waals surface area contributed by atoms with Gasteiger partial charge in [0.1, 0.15) is 0 Å². The fourth-order valence-electron chi connectivity index (χ4n) is 0.693. The summed E-state index contributed by atoms with van der Waals surface area (Å²) in [5, 5.41) is 0. The molecule has 1 heteroatoms. The lowest BCUT2D eigenvalue weighted by molar-refractivity contribution is 0.927. The Morgan fingerprint density at radius 2 is 2.00 bits per heavy atom. The molecule has 0 nitrogen and oxygen atoms in total. The van der Waals surface area contributed by atoms with Crippen molar-refractivity contribution in [2.24, 2.45) is 0 Å². The van der Waals surface area contributed by atoms with E-state index in [2.05, 4.69) is 20.1 Å². The first-order valence-electron chi connectivity index (χ1n) is 3.29. The van der Waals surface area contributed by atoms with Crippen molar-refractivity contribution in [2.75, 3.05) is 0 Å². The Labute approximate surface area is 80.7 Å². The molecule has 0 atom stereocenters. The van der Waals surface area contributed by atoms with Crippen LogP contribution in [0.2, 0.25) is 0 Å². The Morgan fingerprint density at radius 3 is 2.30 bits per heavy atom. The second-order valence-electron chi connectivity index (χ2n) is 1.93. The van der Waals surface area contributed by atoms with Crippen molar-refractivity contribution in [2.45, 2.75) is 19.8 Å². The zero-order valence-electron chi connectivity index (χ0n) is 6.47. The number of hydrogen-bond donors (Lipinski definition) is 0. The van der Waals surface area contributed by atoms with E-state index < -0.39 is 0 Å². The third kappa shape index (κ3) is 6.08. The van der Waals surface area contributed by atoms with Gasteiger partial charge in [-0.1, -0.05) is 44.7 Å². The maximum atomic E-state index is 3.68. The van der Waals surface area contributed by atoms with Crippen LogP contribution in [0.25, 0.3) is 0 Å². The van der Waals surface area contributed by atoms with E-state index in [0.717, 1.165) is 6.42 Å². The summed E-state index contributed by atoms with van der Waals surface area (Å²) in [6.45, 7) is 9.44. The molecule has 0 spiro atoms. The summed E-state index contributed by atoms with van der Waals surface area (Å²) in [7, 11) is 0. The molecule has 0 saturated heterocycles. The van der Waals surface area contributed by atoms with Crippen LogP contribution < -0.4 is 0 Å². The largest absolute Gasteiger partial charge is 0.107 e. The first kappa shape index (κ1) is 12.6. The van der Waals surface area contributed by atoms with Crippen molar-refractivity contribution in [3.63, 3.8) is 0 Å². The van der Waals surface area contributed by atoms with Gasteiger partial charge in [-0.25, -0.2) is 0 Å². The maximum absolute atomic E-state index is 3.68. The molecule has 0 fully saturated rings. The Morgan fingerprint density at radius 1 is 1.40 bits per heavy atom. The fourth-order valence-corrected chi connectivity index (χ4v) is 0.693. The van der Waals surface area contributed by atoms with Crippen LogP contribution in [0.1, 0.15) is 19.8 Å². The molecule has 0 aromatic rings. The van der Waals surface area contributed by atoms with E-state index in [1.165, 1.54) is 12.0 Å². The summed E-state index contributed by atoms with van der Waals surface area (Å²) in [4.78, 5) is 0. The van der Waals surface area contributed by atoms with Gasteiger partial charge in [0.05, 0.1) is 0 Å². The Bertz CT molecular complexity index is 123. The highest BCUT2D eigenvalue weighted by Gasteiger charge is 1.84. The Hall–Kier alpha value is -0.0500. The van der Waals surface area contributed by atoms with Crippen molar-refractivity contribution >= 4 is 24.0 Å². The summed E-state index contributed by atoms with van der Waals surface area (Å²) in [6, 6.07) is 0. The van der Waals surface area contributed by atoms with Crippen LogP contribution in [-0.2, 0) is 0 Å². The normalized spacial score (nSPS) is 9.90. The number of hydrogen-bond acceptors (Lipinski definition) is 0. The van der Waals surface area contributed by atoms with Gasteiger partial charge in [-0.3, -0.25) is 0 Å². The minimum absolute atomic E-state index is 0. The lowest BCUT2D eigenvalue weighted by Crippen LogP contribution is -1.73. The van der Waals surface area contributed by atoms with Gasteiger partial charge in [0.2, 0.25) is 0 Å². The van der Waals surface area contributed by atoms with E-state index in [1.807, 2.05) is 12.2 Å². The molecule has 0 heterocycles. The van der Waals surface area contributed by atoms with E-state index in [0.29, 0.717) is 0 Å². The highest BCUT2D eigenvalue weighted by molar-refractivity contribution is 14.0. The predicted molar refractivity (Wildman–Crippen MR) is 58.8 cm³/mol. The van der Waals surface area contributed by atoms with Crippen molar-refractivity contribution < 1.29 is 0 Å². The molecule has 10 heavy (non-hydrogen) atoms. The zero-order chi connectivity index (χ0) is 7.11. The SMILES string of the molecule is C=C/C=C(\C=C)CCC.I. The average molecular weight is 250 g/mol. The standard InChI is InChI=1S/C9H14.HI/c1-4-7-9(6-3)8-5-2;/h4,6-7H,1,3,5,8H2,2H3;1H/b9-7+;. The summed E-state index contributed by atoms with van der Waals surface area (Å²) in [6.07, 6.45) is 7.95. The Kier molecular flexibility index (Phi) is 11.3. The first-order chi connectivity index (χ1) is 4.35. The quantitative estimate of drug-likeness (QED) is 0.527. The lowest BCUT2D eigenvalue weighted by Gasteiger charge is -1.93. The number of allylic oxidation sites excluding steroid dienone is 4. The smallest absolute Gasteiger partial charge is 0.0282 e.